The minimum Gasteiger partial charge on any atom is -0.394 e. The van der Waals surface area contributed by atoms with Crippen LogP contribution in [0.2, 0.25) is 0 Å². The maximum Gasteiger partial charge on any atom is 0.220 e. The van der Waals surface area contributed by atoms with Gasteiger partial charge < -0.3 is 40.3 Å². The maximum absolute atomic E-state index is 13.1. The lowest BCUT2D eigenvalue weighted by Crippen LogP contribution is -2.60. The lowest BCUT2D eigenvalue weighted by molar-refractivity contribution is -0.302. The van der Waals surface area contributed by atoms with Gasteiger partial charge in [0.15, 0.2) is 6.29 Å². The van der Waals surface area contributed by atoms with E-state index in [1.807, 2.05) is 6.08 Å². The Labute approximate surface area is 528 Å². The Kier molecular flexibility index (Phi) is 63.1. The molecule has 1 aliphatic rings. The molecule has 1 amide bonds. The van der Waals surface area contributed by atoms with E-state index in [-0.39, 0.29) is 12.5 Å². The summed E-state index contributed by atoms with van der Waals surface area (Å²) in [5.74, 6) is -0.168. The average molecular weight is 1200 g/mol. The predicted octanol–water partition coefficient (Wildman–Crippen LogP) is 21.2. The first-order chi connectivity index (χ1) is 41.8. The number of unbranched alkanes of at least 4 members (excludes halogenated alkanes) is 56. The molecule has 1 rings (SSSR count). The van der Waals surface area contributed by atoms with Gasteiger partial charge >= 0.3 is 0 Å². The van der Waals surface area contributed by atoms with Gasteiger partial charge in [0.25, 0.3) is 0 Å². The molecular formula is C76H147NO8. The molecule has 0 aromatic heterocycles. The molecule has 0 saturated carbocycles. The number of allylic oxidation sites excluding steroid dienone is 3. The van der Waals surface area contributed by atoms with Crippen molar-refractivity contribution in [2.24, 2.45) is 0 Å². The van der Waals surface area contributed by atoms with Crippen LogP contribution in [0.5, 0.6) is 0 Å². The zero-order valence-corrected chi connectivity index (χ0v) is 56.7. The summed E-state index contributed by atoms with van der Waals surface area (Å²) in [6.07, 6.45) is 80.3. The fourth-order valence-electron chi connectivity index (χ4n) is 12.6. The van der Waals surface area contributed by atoms with Crippen molar-refractivity contribution >= 4 is 5.91 Å². The van der Waals surface area contributed by atoms with Crippen LogP contribution in [-0.4, -0.2) is 87.5 Å². The van der Waals surface area contributed by atoms with E-state index in [4.69, 9.17) is 9.47 Å². The van der Waals surface area contributed by atoms with Crippen LogP contribution in [0.25, 0.3) is 0 Å². The lowest BCUT2D eigenvalue weighted by atomic mass is 9.99. The van der Waals surface area contributed by atoms with Crippen LogP contribution in [0.4, 0.5) is 0 Å². The topological polar surface area (TPSA) is 149 Å². The maximum atomic E-state index is 13.1. The summed E-state index contributed by atoms with van der Waals surface area (Å²) in [5, 5.41) is 54.8. The Balaban J connectivity index is 2.07. The van der Waals surface area contributed by atoms with Gasteiger partial charge in [-0.3, -0.25) is 4.79 Å². The Bertz CT molecular complexity index is 1390. The highest BCUT2D eigenvalue weighted by Crippen LogP contribution is 2.24. The molecule has 7 atom stereocenters. The van der Waals surface area contributed by atoms with Crippen molar-refractivity contribution in [3.8, 4) is 0 Å². The second kappa shape index (κ2) is 65.6. The van der Waals surface area contributed by atoms with Crippen molar-refractivity contribution in [3.63, 3.8) is 0 Å². The van der Waals surface area contributed by atoms with E-state index in [0.29, 0.717) is 6.42 Å². The Morgan fingerprint density at radius 3 is 0.953 bits per heavy atom. The third kappa shape index (κ3) is 54.2. The Morgan fingerprint density at radius 1 is 0.388 bits per heavy atom. The number of carbonyl (C=O) groups excluding carboxylic acids is 1. The molecule has 504 valence electrons. The van der Waals surface area contributed by atoms with Crippen molar-refractivity contribution in [2.75, 3.05) is 13.2 Å². The van der Waals surface area contributed by atoms with Crippen LogP contribution in [0.15, 0.2) is 24.3 Å². The second-order valence-corrected chi connectivity index (χ2v) is 26.8. The molecule has 0 bridgehead atoms. The zero-order chi connectivity index (χ0) is 61.4. The first-order valence-electron chi connectivity index (χ1n) is 38.1. The summed E-state index contributed by atoms with van der Waals surface area (Å²) < 4.78 is 11.3. The lowest BCUT2D eigenvalue weighted by Gasteiger charge is -2.40. The van der Waals surface area contributed by atoms with Crippen LogP contribution in [-0.2, 0) is 14.3 Å². The Hall–Kier alpha value is -1.33. The van der Waals surface area contributed by atoms with Crippen LogP contribution in [0.1, 0.15) is 399 Å². The molecule has 0 radical (unpaired) electrons. The van der Waals surface area contributed by atoms with Crippen LogP contribution < -0.4 is 5.32 Å². The number of aliphatic hydroxyl groups excluding tert-OH is 5. The average Bonchev–Trinajstić information content (AvgIpc) is 3.57. The smallest absolute Gasteiger partial charge is 0.220 e. The number of carbonyl (C=O) groups is 1. The molecule has 0 aromatic carbocycles. The van der Waals surface area contributed by atoms with E-state index in [2.05, 4.69) is 31.3 Å². The minimum absolute atomic E-state index is 0.168. The number of hydrogen-bond donors (Lipinski definition) is 6. The van der Waals surface area contributed by atoms with E-state index >= 15 is 0 Å². The van der Waals surface area contributed by atoms with Crippen LogP contribution in [0.3, 0.4) is 0 Å². The molecule has 1 fully saturated rings. The molecule has 1 aliphatic heterocycles. The summed E-state index contributed by atoms with van der Waals surface area (Å²) >= 11 is 0. The molecular weight excluding hydrogens is 1050 g/mol. The number of nitrogens with one attached hydrogen (secondary N) is 1. The molecule has 85 heavy (non-hydrogen) atoms. The van der Waals surface area contributed by atoms with Crippen molar-refractivity contribution in [1.82, 2.24) is 5.32 Å². The highest BCUT2D eigenvalue weighted by Gasteiger charge is 2.44. The van der Waals surface area contributed by atoms with Gasteiger partial charge in [0.1, 0.15) is 24.4 Å². The van der Waals surface area contributed by atoms with Gasteiger partial charge in [-0.15, -0.1) is 0 Å². The summed E-state index contributed by atoms with van der Waals surface area (Å²) in [7, 11) is 0. The first kappa shape index (κ1) is 81.7. The van der Waals surface area contributed by atoms with Crippen molar-refractivity contribution in [1.29, 1.82) is 0 Å². The second-order valence-electron chi connectivity index (χ2n) is 26.8. The summed E-state index contributed by atoms with van der Waals surface area (Å²) in [4.78, 5) is 13.1. The number of amides is 1. The van der Waals surface area contributed by atoms with Crippen LogP contribution >= 0.6 is 0 Å². The highest BCUT2D eigenvalue weighted by molar-refractivity contribution is 5.76. The van der Waals surface area contributed by atoms with E-state index in [0.717, 1.165) is 38.5 Å². The van der Waals surface area contributed by atoms with Gasteiger partial charge in [-0.2, -0.15) is 0 Å². The highest BCUT2D eigenvalue weighted by atomic mass is 16.7. The van der Waals surface area contributed by atoms with Gasteiger partial charge in [-0.25, -0.2) is 0 Å². The monoisotopic (exact) mass is 1200 g/mol. The fourth-order valence-corrected chi connectivity index (χ4v) is 12.6. The standard InChI is InChI=1S/C76H147NO8/c1-3-5-7-9-11-13-15-17-19-21-23-25-27-29-30-31-32-33-34-35-36-37-38-39-40-42-44-46-48-50-52-54-56-58-60-62-64-66-72(80)77-69(68-84-76-75(83)74(82)73(81)71(67-78)85-76)70(79)65-63-61-59-57-55-53-51-49-47-45-43-41-28-26-24-22-20-18-16-14-12-10-8-6-4-2/h33-34,63,65,69-71,73-76,78-79,81-83H,3-32,35-62,64,66-68H2,1-2H3,(H,77,80)/b34-33-,65-63+. The third-order valence-electron chi connectivity index (χ3n) is 18.5. The van der Waals surface area contributed by atoms with Crippen molar-refractivity contribution in [3.05, 3.63) is 24.3 Å². The van der Waals surface area contributed by atoms with Gasteiger partial charge in [-0.05, 0) is 44.9 Å². The van der Waals surface area contributed by atoms with Crippen LogP contribution in [0, 0.1) is 0 Å². The number of rotatable bonds is 68. The summed E-state index contributed by atoms with van der Waals surface area (Å²) in [6.45, 7) is 3.85. The van der Waals surface area contributed by atoms with E-state index in [9.17, 15) is 30.3 Å². The van der Waals surface area contributed by atoms with Crippen molar-refractivity contribution in [2.45, 2.75) is 442 Å². The molecule has 0 spiro atoms. The van der Waals surface area contributed by atoms with E-state index in [1.165, 1.54) is 340 Å². The molecule has 0 aliphatic carbocycles. The van der Waals surface area contributed by atoms with E-state index in [1.54, 1.807) is 6.08 Å². The third-order valence-corrected chi connectivity index (χ3v) is 18.5. The molecule has 9 heteroatoms. The van der Waals surface area contributed by atoms with Gasteiger partial charge in [-0.1, -0.05) is 372 Å². The predicted molar refractivity (Wildman–Crippen MR) is 364 cm³/mol. The molecule has 9 nitrogen and oxygen atoms in total. The number of hydrogen-bond acceptors (Lipinski definition) is 8. The SMILES string of the molecule is CCCCCCCCCCCCCCCCCC/C=C\CCCCCCCCCCCCCCCCCCCC(=O)NC(COC1OC(CO)C(O)C(O)C1O)C(O)/C=C/CCCCCCCCCCCCCCCCCCCCCCCCC. The molecule has 0 aromatic rings. The number of ether oxygens (including phenoxy) is 2. The number of aliphatic hydroxyl groups is 5. The summed E-state index contributed by atoms with van der Waals surface area (Å²) in [5.41, 5.74) is 0. The quantitative estimate of drug-likeness (QED) is 0.0261. The Morgan fingerprint density at radius 2 is 0.659 bits per heavy atom. The zero-order valence-electron chi connectivity index (χ0n) is 56.7. The summed E-state index contributed by atoms with van der Waals surface area (Å²) in [6, 6.07) is -0.804. The van der Waals surface area contributed by atoms with Crippen molar-refractivity contribution < 1.29 is 39.8 Å². The normalized spacial score (nSPS) is 18.1. The van der Waals surface area contributed by atoms with Gasteiger partial charge in [0.2, 0.25) is 5.91 Å². The molecule has 6 N–H and O–H groups in total. The molecule has 1 heterocycles. The van der Waals surface area contributed by atoms with Gasteiger partial charge in [0.05, 0.1) is 25.4 Å². The molecule has 7 unspecified atom stereocenters. The fraction of sp³-hybridized carbons (Fsp3) is 0.934. The largest absolute Gasteiger partial charge is 0.394 e. The molecule has 1 saturated heterocycles. The minimum atomic E-state index is -1.57. The first-order valence-corrected chi connectivity index (χ1v) is 38.1. The van der Waals surface area contributed by atoms with E-state index < -0.39 is 49.5 Å². The van der Waals surface area contributed by atoms with Gasteiger partial charge in [0, 0.05) is 6.42 Å².